The fourth-order valence-corrected chi connectivity index (χ4v) is 2.14. The maximum Gasteiger partial charge on any atom is 0.123 e. The molecule has 0 spiro atoms. The molecular formula is C17H20FNO. The predicted octanol–water partition coefficient (Wildman–Crippen LogP) is 3.21. The van der Waals surface area contributed by atoms with Crippen LogP contribution in [0.4, 0.5) is 4.39 Å². The average Bonchev–Trinajstić information content (AvgIpc) is 2.48. The Bertz CT molecular complexity index is 539. The Balaban J connectivity index is 1.82. The lowest BCUT2D eigenvalue weighted by Gasteiger charge is -2.14. The number of aliphatic hydroxyl groups is 1. The molecule has 1 unspecified atom stereocenters. The van der Waals surface area contributed by atoms with Gasteiger partial charge >= 0.3 is 0 Å². The molecule has 0 radical (unpaired) electrons. The van der Waals surface area contributed by atoms with Gasteiger partial charge in [0.15, 0.2) is 0 Å². The molecule has 0 aliphatic heterocycles. The van der Waals surface area contributed by atoms with Crippen LogP contribution in [0.3, 0.4) is 0 Å². The third-order valence-electron chi connectivity index (χ3n) is 3.42. The maximum atomic E-state index is 13.1. The first kappa shape index (κ1) is 14.7. The Morgan fingerprint density at radius 3 is 2.45 bits per heavy atom. The summed E-state index contributed by atoms with van der Waals surface area (Å²) in [5.74, 6) is -0.198. The number of benzene rings is 2. The number of hydrogen-bond donors (Lipinski definition) is 2. The summed E-state index contributed by atoms with van der Waals surface area (Å²) in [7, 11) is 0. The standard InChI is InChI=1S/C17H20FNO/c1-13(16-3-2-4-17(18)11-16)19-10-9-14-5-7-15(12-20)8-6-14/h2-8,11,13,19-20H,9-10,12H2,1H3. The number of aliphatic hydroxyl groups excluding tert-OH is 1. The zero-order valence-electron chi connectivity index (χ0n) is 11.6. The number of hydrogen-bond acceptors (Lipinski definition) is 2. The molecule has 0 amide bonds. The first-order chi connectivity index (χ1) is 9.69. The van der Waals surface area contributed by atoms with Crippen molar-refractivity contribution in [2.45, 2.75) is 26.0 Å². The molecule has 3 heteroatoms. The monoisotopic (exact) mass is 273 g/mol. The van der Waals surface area contributed by atoms with Gasteiger partial charge in [0.25, 0.3) is 0 Å². The van der Waals surface area contributed by atoms with Gasteiger partial charge in [0.2, 0.25) is 0 Å². The Labute approximate surface area is 119 Å². The summed E-state index contributed by atoms with van der Waals surface area (Å²) < 4.78 is 13.1. The summed E-state index contributed by atoms with van der Waals surface area (Å²) in [6.07, 6.45) is 0.908. The van der Waals surface area contributed by atoms with Gasteiger partial charge in [0, 0.05) is 6.04 Å². The maximum absolute atomic E-state index is 13.1. The van der Waals surface area contributed by atoms with Crippen LogP contribution in [0.5, 0.6) is 0 Å². The first-order valence-corrected chi connectivity index (χ1v) is 6.86. The molecule has 1 atom stereocenters. The zero-order chi connectivity index (χ0) is 14.4. The highest BCUT2D eigenvalue weighted by Gasteiger charge is 2.05. The van der Waals surface area contributed by atoms with Crippen LogP contribution in [0, 0.1) is 5.82 Å². The minimum absolute atomic E-state index is 0.0785. The van der Waals surface area contributed by atoms with E-state index in [9.17, 15) is 4.39 Å². The smallest absolute Gasteiger partial charge is 0.123 e. The number of halogens is 1. The molecule has 0 fully saturated rings. The molecule has 2 aromatic rings. The van der Waals surface area contributed by atoms with Crippen molar-refractivity contribution in [1.82, 2.24) is 5.32 Å². The van der Waals surface area contributed by atoms with Crippen molar-refractivity contribution < 1.29 is 9.50 Å². The molecule has 0 aliphatic carbocycles. The van der Waals surface area contributed by atoms with Crippen molar-refractivity contribution >= 4 is 0 Å². The third kappa shape index (κ3) is 4.15. The molecular weight excluding hydrogens is 253 g/mol. The van der Waals surface area contributed by atoms with E-state index >= 15 is 0 Å². The topological polar surface area (TPSA) is 32.3 Å². The molecule has 2 nitrogen and oxygen atoms in total. The number of rotatable bonds is 6. The van der Waals surface area contributed by atoms with Crippen LogP contribution in [0.15, 0.2) is 48.5 Å². The van der Waals surface area contributed by atoms with Gasteiger partial charge in [-0.2, -0.15) is 0 Å². The summed E-state index contributed by atoms with van der Waals surface area (Å²) in [4.78, 5) is 0. The van der Waals surface area contributed by atoms with Crippen LogP contribution in [0.2, 0.25) is 0 Å². The zero-order valence-corrected chi connectivity index (χ0v) is 11.6. The second kappa shape index (κ2) is 7.17. The quantitative estimate of drug-likeness (QED) is 0.847. The van der Waals surface area contributed by atoms with Crippen LogP contribution in [0.1, 0.15) is 29.7 Å². The highest BCUT2D eigenvalue weighted by molar-refractivity contribution is 5.22. The van der Waals surface area contributed by atoms with E-state index in [1.54, 1.807) is 12.1 Å². The van der Waals surface area contributed by atoms with Gasteiger partial charge in [0.1, 0.15) is 5.82 Å². The van der Waals surface area contributed by atoms with Crippen molar-refractivity contribution in [3.8, 4) is 0 Å². The Morgan fingerprint density at radius 1 is 1.10 bits per heavy atom. The van der Waals surface area contributed by atoms with Crippen LogP contribution in [-0.2, 0) is 13.0 Å². The van der Waals surface area contributed by atoms with Crippen LogP contribution < -0.4 is 5.32 Å². The molecule has 0 aromatic heterocycles. The van der Waals surface area contributed by atoms with Gasteiger partial charge in [0.05, 0.1) is 6.61 Å². The van der Waals surface area contributed by atoms with E-state index in [4.69, 9.17) is 5.11 Å². The van der Waals surface area contributed by atoms with Gasteiger partial charge < -0.3 is 10.4 Å². The van der Waals surface area contributed by atoms with E-state index in [0.29, 0.717) is 0 Å². The molecule has 0 saturated carbocycles. The van der Waals surface area contributed by atoms with E-state index in [0.717, 1.165) is 24.1 Å². The first-order valence-electron chi connectivity index (χ1n) is 6.86. The van der Waals surface area contributed by atoms with Crippen LogP contribution >= 0.6 is 0 Å². The second-order valence-corrected chi connectivity index (χ2v) is 4.96. The molecule has 2 aromatic carbocycles. The molecule has 20 heavy (non-hydrogen) atoms. The fourth-order valence-electron chi connectivity index (χ4n) is 2.14. The summed E-state index contributed by atoms with van der Waals surface area (Å²) in [5, 5.41) is 12.4. The Kier molecular flexibility index (Phi) is 5.27. The van der Waals surface area contributed by atoms with Crippen LogP contribution in [0.25, 0.3) is 0 Å². The van der Waals surface area contributed by atoms with E-state index in [1.807, 2.05) is 37.3 Å². The van der Waals surface area contributed by atoms with Gasteiger partial charge in [-0.1, -0.05) is 36.4 Å². The molecule has 0 aliphatic rings. The lowest BCUT2D eigenvalue weighted by Crippen LogP contribution is -2.21. The molecule has 2 rings (SSSR count). The summed E-state index contributed by atoms with van der Waals surface area (Å²) in [6.45, 7) is 2.94. The Hall–Kier alpha value is -1.71. The molecule has 2 N–H and O–H groups in total. The van der Waals surface area contributed by atoms with Crippen LogP contribution in [-0.4, -0.2) is 11.7 Å². The van der Waals surface area contributed by atoms with Gasteiger partial charge in [-0.25, -0.2) is 4.39 Å². The van der Waals surface area contributed by atoms with Crippen molar-refractivity contribution in [3.63, 3.8) is 0 Å². The van der Waals surface area contributed by atoms with Crippen molar-refractivity contribution in [2.24, 2.45) is 0 Å². The molecule has 0 bridgehead atoms. The van der Waals surface area contributed by atoms with Crippen molar-refractivity contribution in [3.05, 3.63) is 71.0 Å². The fraction of sp³-hybridized carbons (Fsp3) is 0.294. The Morgan fingerprint density at radius 2 is 1.80 bits per heavy atom. The lowest BCUT2D eigenvalue weighted by atomic mass is 10.1. The third-order valence-corrected chi connectivity index (χ3v) is 3.42. The van der Waals surface area contributed by atoms with Gasteiger partial charge in [-0.05, 0) is 48.7 Å². The molecule has 0 heterocycles. The molecule has 0 saturated heterocycles. The molecule has 106 valence electrons. The normalized spacial score (nSPS) is 12.3. The number of nitrogens with one attached hydrogen (secondary N) is 1. The minimum atomic E-state index is -0.198. The SMILES string of the molecule is CC(NCCc1ccc(CO)cc1)c1cccc(F)c1. The average molecular weight is 273 g/mol. The predicted molar refractivity (Wildman–Crippen MR) is 78.9 cm³/mol. The summed E-state index contributed by atoms with van der Waals surface area (Å²) >= 11 is 0. The largest absolute Gasteiger partial charge is 0.392 e. The highest BCUT2D eigenvalue weighted by atomic mass is 19.1. The summed E-state index contributed by atoms with van der Waals surface area (Å²) in [5.41, 5.74) is 3.11. The van der Waals surface area contributed by atoms with Crippen molar-refractivity contribution in [1.29, 1.82) is 0 Å². The van der Waals surface area contributed by atoms with E-state index < -0.39 is 0 Å². The van der Waals surface area contributed by atoms with E-state index in [-0.39, 0.29) is 18.5 Å². The lowest BCUT2D eigenvalue weighted by molar-refractivity contribution is 0.282. The van der Waals surface area contributed by atoms with Gasteiger partial charge in [-0.15, -0.1) is 0 Å². The van der Waals surface area contributed by atoms with E-state index in [2.05, 4.69) is 5.32 Å². The van der Waals surface area contributed by atoms with E-state index in [1.165, 1.54) is 11.6 Å². The second-order valence-electron chi connectivity index (χ2n) is 4.96. The minimum Gasteiger partial charge on any atom is -0.392 e. The van der Waals surface area contributed by atoms with Crippen molar-refractivity contribution in [2.75, 3.05) is 6.54 Å². The van der Waals surface area contributed by atoms with Gasteiger partial charge in [-0.3, -0.25) is 0 Å². The summed E-state index contributed by atoms with van der Waals surface area (Å²) in [6, 6.07) is 14.7. The highest BCUT2D eigenvalue weighted by Crippen LogP contribution is 2.13.